The van der Waals surface area contributed by atoms with Gasteiger partial charge in [-0.15, -0.1) is 0 Å². The lowest BCUT2D eigenvalue weighted by molar-refractivity contribution is -0.135. The van der Waals surface area contributed by atoms with Gasteiger partial charge < -0.3 is 5.32 Å². The Bertz CT molecular complexity index is 359. The summed E-state index contributed by atoms with van der Waals surface area (Å²) in [5.41, 5.74) is 0.762. The first-order valence-corrected chi connectivity index (χ1v) is 6.38. The number of halogens is 5. The van der Waals surface area contributed by atoms with E-state index in [1.165, 1.54) is 12.1 Å². The lowest BCUT2D eigenvalue weighted by Gasteiger charge is -2.07. The first-order valence-electron chi connectivity index (χ1n) is 5.59. The first-order chi connectivity index (χ1) is 8.37. The summed E-state index contributed by atoms with van der Waals surface area (Å²) in [4.78, 5) is 0. The number of rotatable bonds is 6. The van der Waals surface area contributed by atoms with E-state index in [0.717, 1.165) is 5.56 Å². The molecule has 0 atom stereocenters. The molecule has 102 valence electrons. The van der Waals surface area contributed by atoms with Crippen LogP contribution in [0.25, 0.3) is 0 Å². The summed E-state index contributed by atoms with van der Waals surface area (Å²) in [5, 5.41) is 2.99. The highest BCUT2D eigenvalue weighted by atomic mass is 79.9. The molecule has 1 nitrogen and oxygen atoms in total. The van der Waals surface area contributed by atoms with Crippen LogP contribution in [-0.2, 0) is 6.54 Å². The first kappa shape index (κ1) is 15.4. The summed E-state index contributed by atoms with van der Waals surface area (Å²) in [7, 11) is 0. The molecule has 0 aliphatic carbocycles. The van der Waals surface area contributed by atoms with Gasteiger partial charge in [-0.3, -0.25) is 0 Å². The zero-order valence-corrected chi connectivity index (χ0v) is 11.2. The number of hydrogen-bond donors (Lipinski definition) is 1. The van der Waals surface area contributed by atoms with Gasteiger partial charge in [0.1, 0.15) is 5.82 Å². The fraction of sp³-hybridized carbons (Fsp3) is 0.500. The second-order valence-corrected chi connectivity index (χ2v) is 4.94. The minimum atomic E-state index is -4.08. The Morgan fingerprint density at radius 3 is 2.44 bits per heavy atom. The van der Waals surface area contributed by atoms with Crippen LogP contribution in [0.15, 0.2) is 22.7 Å². The molecule has 0 fully saturated rings. The van der Waals surface area contributed by atoms with E-state index in [0.29, 0.717) is 24.0 Å². The van der Waals surface area contributed by atoms with Crippen LogP contribution in [0.2, 0.25) is 0 Å². The molecule has 6 heteroatoms. The number of unbranched alkanes of at least 4 members (excludes halogenated alkanes) is 1. The van der Waals surface area contributed by atoms with E-state index < -0.39 is 12.6 Å². The number of alkyl halides is 3. The fourth-order valence-electron chi connectivity index (χ4n) is 1.52. The lowest BCUT2D eigenvalue weighted by atomic mass is 10.2. The summed E-state index contributed by atoms with van der Waals surface area (Å²) in [6.07, 6.45) is -4.26. The van der Waals surface area contributed by atoms with Gasteiger partial charge in [-0.25, -0.2) is 4.39 Å². The maximum atomic E-state index is 13.0. The molecule has 0 aromatic heterocycles. The molecular formula is C12H14BrF4N. The normalized spacial score (nSPS) is 11.8. The molecule has 18 heavy (non-hydrogen) atoms. The van der Waals surface area contributed by atoms with Crippen molar-refractivity contribution >= 4 is 15.9 Å². The van der Waals surface area contributed by atoms with E-state index >= 15 is 0 Å². The molecule has 0 heterocycles. The average molecular weight is 328 g/mol. The van der Waals surface area contributed by atoms with Gasteiger partial charge in [0, 0.05) is 17.4 Å². The minimum absolute atomic E-state index is 0.114. The number of benzene rings is 1. The molecule has 0 saturated heterocycles. The maximum Gasteiger partial charge on any atom is 0.389 e. The van der Waals surface area contributed by atoms with E-state index in [4.69, 9.17) is 0 Å². The lowest BCUT2D eigenvalue weighted by Crippen LogP contribution is -2.16. The average Bonchev–Trinajstić information content (AvgIpc) is 2.20. The van der Waals surface area contributed by atoms with Crippen molar-refractivity contribution in [2.75, 3.05) is 6.54 Å². The molecule has 0 unspecified atom stereocenters. The standard InChI is InChI=1S/C12H14BrF4N/c13-10-5-9(6-11(14)7-10)8-18-4-2-1-3-12(15,16)17/h5-7,18H,1-4,8H2. The highest BCUT2D eigenvalue weighted by Gasteiger charge is 2.25. The van der Waals surface area contributed by atoms with Crippen LogP contribution in [-0.4, -0.2) is 12.7 Å². The quantitative estimate of drug-likeness (QED) is 0.602. The van der Waals surface area contributed by atoms with E-state index in [2.05, 4.69) is 21.2 Å². The van der Waals surface area contributed by atoms with Crippen LogP contribution < -0.4 is 5.32 Å². The van der Waals surface area contributed by atoms with Crippen molar-refractivity contribution in [3.63, 3.8) is 0 Å². The Labute approximate surface area is 112 Å². The molecule has 0 aliphatic heterocycles. The summed E-state index contributed by atoms with van der Waals surface area (Å²) in [6.45, 7) is 0.937. The zero-order chi connectivity index (χ0) is 13.6. The molecule has 0 saturated carbocycles. The molecule has 1 aromatic carbocycles. The third-order valence-corrected chi connectivity index (χ3v) is 2.77. The van der Waals surface area contributed by atoms with Crippen LogP contribution in [0.1, 0.15) is 24.8 Å². The smallest absolute Gasteiger partial charge is 0.313 e. The van der Waals surface area contributed by atoms with E-state index in [1.54, 1.807) is 6.07 Å². The Morgan fingerprint density at radius 2 is 1.83 bits per heavy atom. The van der Waals surface area contributed by atoms with Gasteiger partial charge in [-0.2, -0.15) is 13.2 Å². The third kappa shape index (κ3) is 6.96. The molecule has 1 aromatic rings. The number of hydrogen-bond acceptors (Lipinski definition) is 1. The van der Waals surface area contributed by atoms with Crippen LogP contribution >= 0.6 is 15.9 Å². The van der Waals surface area contributed by atoms with Crippen LogP contribution in [0.3, 0.4) is 0 Å². The minimum Gasteiger partial charge on any atom is -0.313 e. The summed E-state index contributed by atoms with van der Waals surface area (Å²) >= 11 is 3.18. The molecule has 0 radical (unpaired) electrons. The Balaban J connectivity index is 2.18. The fourth-order valence-corrected chi connectivity index (χ4v) is 2.03. The Kier molecular flexibility index (Phi) is 6.08. The van der Waals surface area contributed by atoms with Crippen molar-refractivity contribution in [3.05, 3.63) is 34.1 Å². The zero-order valence-electron chi connectivity index (χ0n) is 9.66. The molecular weight excluding hydrogens is 314 g/mol. The predicted octanol–water partition coefficient (Wildman–Crippen LogP) is 4.41. The molecule has 0 amide bonds. The Morgan fingerprint density at radius 1 is 1.11 bits per heavy atom. The molecule has 1 rings (SSSR count). The predicted molar refractivity (Wildman–Crippen MR) is 65.7 cm³/mol. The van der Waals surface area contributed by atoms with Crippen molar-refractivity contribution in [3.8, 4) is 0 Å². The van der Waals surface area contributed by atoms with E-state index in [9.17, 15) is 17.6 Å². The highest BCUT2D eigenvalue weighted by Crippen LogP contribution is 2.21. The van der Waals surface area contributed by atoms with E-state index in [-0.39, 0.29) is 12.2 Å². The largest absolute Gasteiger partial charge is 0.389 e. The maximum absolute atomic E-state index is 13.0. The molecule has 1 N–H and O–H groups in total. The van der Waals surface area contributed by atoms with Crippen LogP contribution in [0, 0.1) is 5.82 Å². The third-order valence-electron chi connectivity index (χ3n) is 2.32. The van der Waals surface area contributed by atoms with Gasteiger partial charge in [0.15, 0.2) is 0 Å². The molecule has 0 bridgehead atoms. The van der Waals surface area contributed by atoms with Gasteiger partial charge in [0.05, 0.1) is 0 Å². The van der Waals surface area contributed by atoms with Gasteiger partial charge in [-0.05, 0) is 43.1 Å². The van der Waals surface area contributed by atoms with Gasteiger partial charge in [0.2, 0.25) is 0 Å². The van der Waals surface area contributed by atoms with Crippen molar-refractivity contribution < 1.29 is 17.6 Å². The van der Waals surface area contributed by atoms with Crippen LogP contribution in [0.5, 0.6) is 0 Å². The molecule has 0 spiro atoms. The van der Waals surface area contributed by atoms with Crippen molar-refractivity contribution in [1.82, 2.24) is 5.32 Å². The van der Waals surface area contributed by atoms with Crippen molar-refractivity contribution in [2.24, 2.45) is 0 Å². The molecule has 0 aliphatic rings. The monoisotopic (exact) mass is 327 g/mol. The van der Waals surface area contributed by atoms with Crippen molar-refractivity contribution in [2.45, 2.75) is 32.0 Å². The topological polar surface area (TPSA) is 12.0 Å². The van der Waals surface area contributed by atoms with Crippen LogP contribution in [0.4, 0.5) is 17.6 Å². The number of nitrogens with one attached hydrogen (secondary N) is 1. The highest BCUT2D eigenvalue weighted by molar-refractivity contribution is 9.10. The summed E-state index contributed by atoms with van der Waals surface area (Å²) in [6, 6.07) is 4.52. The van der Waals surface area contributed by atoms with Crippen molar-refractivity contribution in [1.29, 1.82) is 0 Å². The van der Waals surface area contributed by atoms with Gasteiger partial charge in [0.25, 0.3) is 0 Å². The summed E-state index contributed by atoms with van der Waals surface area (Å²) < 4.78 is 49.2. The second-order valence-electron chi connectivity index (χ2n) is 4.03. The Hall–Kier alpha value is -0.620. The second kappa shape index (κ2) is 7.09. The SMILES string of the molecule is Fc1cc(Br)cc(CNCCCCC(F)(F)F)c1. The van der Waals surface area contributed by atoms with Gasteiger partial charge in [-0.1, -0.05) is 15.9 Å². The van der Waals surface area contributed by atoms with Gasteiger partial charge >= 0.3 is 6.18 Å². The van der Waals surface area contributed by atoms with E-state index in [1.807, 2.05) is 0 Å². The summed E-state index contributed by atoms with van der Waals surface area (Å²) in [5.74, 6) is -0.335.